The number of methoxy groups -OCH3 is 1. The number of anilines is 1. The summed E-state index contributed by atoms with van der Waals surface area (Å²) in [5, 5.41) is 13.0. The molecular formula is C17H15N3O2. The van der Waals surface area contributed by atoms with E-state index in [4.69, 9.17) is 10.00 Å². The molecule has 0 unspecified atom stereocenters. The minimum absolute atomic E-state index is 0.202. The van der Waals surface area contributed by atoms with Gasteiger partial charge in [0.1, 0.15) is 11.8 Å². The molecule has 0 aliphatic heterocycles. The van der Waals surface area contributed by atoms with Crippen LogP contribution in [0, 0.1) is 18.3 Å². The summed E-state index contributed by atoms with van der Waals surface area (Å²) in [6.45, 7) is 1.95. The molecule has 1 N–H and O–H groups in total. The highest BCUT2D eigenvalue weighted by atomic mass is 16.5. The van der Waals surface area contributed by atoms with Gasteiger partial charge < -0.3 is 4.74 Å². The molecule has 0 fully saturated rings. The fraction of sp³-hybridized carbons (Fsp3) is 0.118. The number of ether oxygens (including phenoxy) is 1. The van der Waals surface area contributed by atoms with Gasteiger partial charge in [-0.1, -0.05) is 12.1 Å². The van der Waals surface area contributed by atoms with Gasteiger partial charge in [0.15, 0.2) is 0 Å². The second kappa shape index (κ2) is 7.04. The van der Waals surface area contributed by atoms with Crippen molar-refractivity contribution in [1.29, 1.82) is 5.26 Å². The molecule has 0 bridgehead atoms. The molecule has 110 valence electrons. The fourth-order valence-electron chi connectivity index (χ4n) is 1.84. The van der Waals surface area contributed by atoms with E-state index in [1.807, 2.05) is 37.3 Å². The highest BCUT2D eigenvalue weighted by Gasteiger charge is 2.14. The van der Waals surface area contributed by atoms with E-state index in [9.17, 15) is 4.79 Å². The summed E-state index contributed by atoms with van der Waals surface area (Å²) < 4.78 is 5.03. The van der Waals surface area contributed by atoms with Crippen molar-refractivity contribution >= 4 is 17.2 Å². The van der Waals surface area contributed by atoms with Crippen molar-refractivity contribution in [3.8, 4) is 11.8 Å². The van der Waals surface area contributed by atoms with Crippen LogP contribution >= 0.6 is 0 Å². The lowest BCUT2D eigenvalue weighted by molar-refractivity contribution is 0.106. The first kappa shape index (κ1) is 15.3. The Hall–Kier alpha value is -3.13. The third-order valence-corrected chi connectivity index (χ3v) is 2.99. The fourth-order valence-corrected chi connectivity index (χ4v) is 1.84. The van der Waals surface area contributed by atoms with Gasteiger partial charge in [0.25, 0.3) is 0 Å². The quantitative estimate of drug-likeness (QED) is 0.522. The summed E-state index contributed by atoms with van der Waals surface area (Å²) in [5.74, 6) is 0.204. The second-order valence-corrected chi connectivity index (χ2v) is 4.61. The van der Waals surface area contributed by atoms with Gasteiger partial charge in [0.05, 0.1) is 12.8 Å². The third kappa shape index (κ3) is 3.70. The molecule has 0 heterocycles. The lowest BCUT2D eigenvalue weighted by Crippen LogP contribution is -2.14. The third-order valence-electron chi connectivity index (χ3n) is 2.99. The molecule has 0 amide bonds. The monoisotopic (exact) mass is 293 g/mol. The van der Waals surface area contributed by atoms with Crippen LogP contribution in [-0.4, -0.2) is 18.6 Å². The normalized spacial score (nSPS) is 10.7. The zero-order valence-electron chi connectivity index (χ0n) is 12.3. The van der Waals surface area contributed by atoms with Crippen LogP contribution in [0.15, 0.2) is 53.6 Å². The number of nitriles is 1. The first-order valence-electron chi connectivity index (χ1n) is 6.63. The van der Waals surface area contributed by atoms with Crippen LogP contribution in [0.4, 0.5) is 5.69 Å². The summed E-state index contributed by atoms with van der Waals surface area (Å²) >= 11 is 0. The van der Waals surface area contributed by atoms with Gasteiger partial charge in [-0.2, -0.15) is 10.4 Å². The topological polar surface area (TPSA) is 74.5 Å². The molecule has 22 heavy (non-hydrogen) atoms. The average Bonchev–Trinajstić information content (AvgIpc) is 2.55. The summed E-state index contributed by atoms with van der Waals surface area (Å²) in [4.78, 5) is 12.2. The van der Waals surface area contributed by atoms with Gasteiger partial charge in [0.2, 0.25) is 11.5 Å². The predicted molar refractivity (Wildman–Crippen MR) is 85.2 cm³/mol. The Balaban J connectivity index is 2.17. The Labute approximate surface area is 128 Å². The first-order chi connectivity index (χ1) is 10.6. The number of carbonyl (C=O) groups is 1. The Kier molecular flexibility index (Phi) is 4.89. The summed E-state index contributed by atoms with van der Waals surface area (Å²) in [5.41, 5.74) is 4.68. The Morgan fingerprint density at radius 2 is 1.95 bits per heavy atom. The van der Waals surface area contributed by atoms with E-state index in [1.165, 1.54) is 0 Å². The molecule has 0 saturated heterocycles. The lowest BCUT2D eigenvalue weighted by atomic mass is 10.1. The number of ketones is 1. The zero-order chi connectivity index (χ0) is 15.9. The summed E-state index contributed by atoms with van der Waals surface area (Å²) in [6, 6.07) is 15.8. The zero-order valence-corrected chi connectivity index (χ0v) is 12.3. The van der Waals surface area contributed by atoms with Crippen molar-refractivity contribution in [2.75, 3.05) is 12.5 Å². The van der Waals surface area contributed by atoms with Gasteiger partial charge in [-0.15, -0.1) is 0 Å². The smallest absolute Gasteiger partial charge is 0.223 e. The molecule has 2 aromatic carbocycles. The number of Topliss-reactive ketones (excluding diaryl/α,β-unsaturated/α-hetero) is 1. The number of hydrogen-bond acceptors (Lipinski definition) is 5. The number of benzene rings is 2. The Bertz CT molecular complexity index is 743. The maximum Gasteiger partial charge on any atom is 0.223 e. The summed E-state index contributed by atoms with van der Waals surface area (Å²) in [7, 11) is 1.55. The molecule has 0 radical (unpaired) electrons. The van der Waals surface area contributed by atoms with Gasteiger partial charge in [-0.3, -0.25) is 10.2 Å². The van der Waals surface area contributed by atoms with E-state index in [0.717, 1.165) is 11.3 Å². The van der Waals surface area contributed by atoms with Crippen LogP contribution in [0.25, 0.3) is 0 Å². The first-order valence-corrected chi connectivity index (χ1v) is 6.63. The number of aryl methyl sites for hydroxylation is 1. The van der Waals surface area contributed by atoms with Gasteiger partial charge >= 0.3 is 0 Å². The Morgan fingerprint density at radius 3 is 2.55 bits per heavy atom. The van der Waals surface area contributed by atoms with Crippen molar-refractivity contribution < 1.29 is 9.53 Å². The van der Waals surface area contributed by atoms with E-state index < -0.39 is 5.78 Å². The highest BCUT2D eigenvalue weighted by molar-refractivity contribution is 6.51. The second-order valence-electron chi connectivity index (χ2n) is 4.61. The molecule has 0 atom stereocenters. The Morgan fingerprint density at radius 1 is 1.23 bits per heavy atom. The van der Waals surface area contributed by atoms with E-state index in [0.29, 0.717) is 11.3 Å². The van der Waals surface area contributed by atoms with E-state index in [1.54, 1.807) is 31.4 Å². The molecule has 2 rings (SSSR count). The standard InChI is InChI=1S/C17H15N3O2/c1-12-4-3-5-14(10-12)19-20-16(11-18)17(21)13-6-8-15(22-2)9-7-13/h3-10,19H,1-2H3. The lowest BCUT2D eigenvalue weighted by Gasteiger charge is -2.03. The van der Waals surface area contributed by atoms with Gasteiger partial charge in [0, 0.05) is 5.56 Å². The molecule has 2 aromatic rings. The highest BCUT2D eigenvalue weighted by Crippen LogP contribution is 2.13. The molecular weight excluding hydrogens is 278 g/mol. The number of nitrogens with zero attached hydrogens (tertiary/aromatic N) is 2. The van der Waals surface area contributed by atoms with Crippen LogP contribution in [-0.2, 0) is 0 Å². The number of hydrazone groups is 1. The van der Waals surface area contributed by atoms with Crippen molar-refractivity contribution in [3.63, 3.8) is 0 Å². The largest absolute Gasteiger partial charge is 0.497 e. The van der Waals surface area contributed by atoms with Crippen LogP contribution in [0.2, 0.25) is 0 Å². The minimum atomic E-state index is -0.440. The van der Waals surface area contributed by atoms with Crippen LogP contribution in [0.1, 0.15) is 15.9 Å². The molecule has 0 spiro atoms. The number of rotatable bonds is 5. The van der Waals surface area contributed by atoms with Crippen molar-refractivity contribution in [2.24, 2.45) is 5.10 Å². The van der Waals surface area contributed by atoms with Crippen molar-refractivity contribution in [1.82, 2.24) is 0 Å². The molecule has 0 aliphatic carbocycles. The molecule has 5 heteroatoms. The van der Waals surface area contributed by atoms with E-state index >= 15 is 0 Å². The van der Waals surface area contributed by atoms with E-state index in [-0.39, 0.29) is 5.71 Å². The SMILES string of the molecule is COc1ccc(C(=O)C(C#N)=NNc2cccc(C)c2)cc1. The molecule has 0 aromatic heterocycles. The van der Waals surface area contributed by atoms with Gasteiger partial charge in [-0.25, -0.2) is 0 Å². The number of nitrogens with one attached hydrogen (secondary N) is 1. The maximum atomic E-state index is 12.2. The molecule has 5 nitrogen and oxygen atoms in total. The molecule has 0 saturated carbocycles. The van der Waals surface area contributed by atoms with Crippen LogP contribution in [0.5, 0.6) is 5.75 Å². The van der Waals surface area contributed by atoms with Crippen molar-refractivity contribution in [3.05, 3.63) is 59.7 Å². The van der Waals surface area contributed by atoms with Gasteiger partial charge in [-0.05, 0) is 48.9 Å². The van der Waals surface area contributed by atoms with E-state index in [2.05, 4.69) is 10.5 Å². The van der Waals surface area contributed by atoms with Crippen LogP contribution < -0.4 is 10.2 Å². The maximum absolute atomic E-state index is 12.2. The van der Waals surface area contributed by atoms with Crippen LogP contribution in [0.3, 0.4) is 0 Å². The summed E-state index contributed by atoms with van der Waals surface area (Å²) in [6.07, 6.45) is 0. The number of hydrogen-bond donors (Lipinski definition) is 1. The number of carbonyl (C=O) groups excluding carboxylic acids is 1. The average molecular weight is 293 g/mol. The molecule has 0 aliphatic rings. The minimum Gasteiger partial charge on any atom is -0.497 e. The van der Waals surface area contributed by atoms with Crippen molar-refractivity contribution in [2.45, 2.75) is 6.92 Å². The predicted octanol–water partition coefficient (Wildman–Crippen LogP) is 3.18.